The van der Waals surface area contributed by atoms with Crippen molar-refractivity contribution in [1.82, 2.24) is 19.6 Å². The highest BCUT2D eigenvalue weighted by Gasteiger charge is 2.22. The number of anilines is 1. The molecule has 0 saturated carbocycles. The lowest BCUT2D eigenvalue weighted by molar-refractivity contribution is -0.119. The quantitative estimate of drug-likeness (QED) is 0.539. The lowest BCUT2D eigenvalue weighted by atomic mass is 10.2. The van der Waals surface area contributed by atoms with Gasteiger partial charge in [0.15, 0.2) is 5.82 Å². The summed E-state index contributed by atoms with van der Waals surface area (Å²) in [6, 6.07) is 3.87. The van der Waals surface area contributed by atoms with Gasteiger partial charge in [0.2, 0.25) is 5.91 Å². The van der Waals surface area contributed by atoms with E-state index in [1.165, 1.54) is 23.0 Å². The van der Waals surface area contributed by atoms with Crippen LogP contribution in [0.4, 0.5) is 10.2 Å². The Kier molecular flexibility index (Phi) is 6.12. The summed E-state index contributed by atoms with van der Waals surface area (Å²) in [5.41, 5.74) is 1.93. The first kappa shape index (κ1) is 20.8. The summed E-state index contributed by atoms with van der Waals surface area (Å²) >= 11 is 15.7. The minimum absolute atomic E-state index is 0.0844. The van der Waals surface area contributed by atoms with E-state index in [1.807, 2.05) is 13.8 Å². The largest absolute Gasteiger partial charge is 0.306 e. The predicted molar refractivity (Wildman–Crippen MR) is 110 cm³/mol. The van der Waals surface area contributed by atoms with Crippen molar-refractivity contribution in [3.63, 3.8) is 0 Å². The van der Waals surface area contributed by atoms with Crippen molar-refractivity contribution >= 4 is 50.9 Å². The van der Waals surface area contributed by atoms with E-state index in [9.17, 15) is 9.18 Å². The lowest BCUT2D eigenvalue weighted by Gasteiger charge is -2.13. The van der Waals surface area contributed by atoms with Crippen LogP contribution in [0.1, 0.15) is 29.9 Å². The Morgan fingerprint density at radius 2 is 2.00 bits per heavy atom. The van der Waals surface area contributed by atoms with E-state index in [1.54, 1.807) is 17.7 Å². The fraction of sp³-hybridized carbons (Fsp3) is 0.278. The SMILES string of the molecule is Cc1nn(C(C)C(=O)Nc2nn(Cc3c(F)cccc3Cl)cc2Cl)c(C)c1Br. The zero-order chi connectivity index (χ0) is 20.6. The second-order valence-corrected chi connectivity index (χ2v) is 7.93. The molecule has 6 nitrogen and oxygen atoms in total. The summed E-state index contributed by atoms with van der Waals surface area (Å²) in [6.45, 7) is 5.53. The molecule has 0 spiro atoms. The number of nitrogens with zero attached hydrogens (tertiary/aromatic N) is 4. The van der Waals surface area contributed by atoms with Gasteiger partial charge in [-0.15, -0.1) is 0 Å². The lowest BCUT2D eigenvalue weighted by Crippen LogP contribution is -2.25. The molecule has 1 unspecified atom stereocenters. The smallest absolute Gasteiger partial charge is 0.250 e. The minimum Gasteiger partial charge on any atom is -0.306 e. The molecule has 3 rings (SSSR count). The number of hydrogen-bond acceptors (Lipinski definition) is 3. The first-order valence-electron chi connectivity index (χ1n) is 8.37. The Balaban J connectivity index is 1.78. The molecule has 0 radical (unpaired) electrons. The summed E-state index contributed by atoms with van der Waals surface area (Å²) in [5, 5.41) is 11.8. The molecule has 148 valence electrons. The van der Waals surface area contributed by atoms with Crippen LogP contribution in [0.3, 0.4) is 0 Å². The number of hydrogen-bond donors (Lipinski definition) is 1. The third-order valence-electron chi connectivity index (χ3n) is 4.32. The molecule has 0 bridgehead atoms. The monoisotopic (exact) mass is 487 g/mol. The highest BCUT2D eigenvalue weighted by molar-refractivity contribution is 9.10. The van der Waals surface area contributed by atoms with Gasteiger partial charge < -0.3 is 5.32 Å². The van der Waals surface area contributed by atoms with Gasteiger partial charge in [-0.2, -0.15) is 10.2 Å². The number of rotatable bonds is 5. The van der Waals surface area contributed by atoms with E-state index in [0.717, 1.165) is 15.9 Å². The van der Waals surface area contributed by atoms with Crippen LogP contribution in [0.5, 0.6) is 0 Å². The third kappa shape index (κ3) is 4.09. The fourth-order valence-electron chi connectivity index (χ4n) is 2.76. The van der Waals surface area contributed by atoms with Crippen molar-refractivity contribution in [1.29, 1.82) is 0 Å². The van der Waals surface area contributed by atoms with Gasteiger partial charge >= 0.3 is 0 Å². The highest BCUT2D eigenvalue weighted by Crippen LogP contribution is 2.26. The molecule has 3 aromatic rings. The molecule has 28 heavy (non-hydrogen) atoms. The first-order valence-corrected chi connectivity index (χ1v) is 9.91. The summed E-state index contributed by atoms with van der Waals surface area (Å²) < 4.78 is 17.9. The summed E-state index contributed by atoms with van der Waals surface area (Å²) in [4.78, 5) is 12.6. The van der Waals surface area contributed by atoms with Crippen LogP contribution in [-0.4, -0.2) is 25.5 Å². The number of aryl methyl sites for hydroxylation is 1. The van der Waals surface area contributed by atoms with Crippen LogP contribution < -0.4 is 5.32 Å². The van der Waals surface area contributed by atoms with Crippen LogP contribution in [0.25, 0.3) is 0 Å². The third-order valence-corrected chi connectivity index (χ3v) is 6.10. The molecule has 0 fully saturated rings. The van der Waals surface area contributed by atoms with Gasteiger partial charge in [0.25, 0.3) is 0 Å². The van der Waals surface area contributed by atoms with Gasteiger partial charge in [0.05, 0.1) is 22.4 Å². The van der Waals surface area contributed by atoms with Crippen LogP contribution in [-0.2, 0) is 11.3 Å². The van der Waals surface area contributed by atoms with Gasteiger partial charge in [-0.1, -0.05) is 29.3 Å². The van der Waals surface area contributed by atoms with Crippen LogP contribution in [0.2, 0.25) is 10.0 Å². The minimum atomic E-state index is -0.577. The molecule has 2 aromatic heterocycles. The average Bonchev–Trinajstić information content (AvgIpc) is 3.11. The Labute approximate surface area is 179 Å². The van der Waals surface area contributed by atoms with Crippen LogP contribution >= 0.6 is 39.1 Å². The fourth-order valence-corrected chi connectivity index (χ4v) is 3.44. The molecule has 2 heterocycles. The zero-order valence-electron chi connectivity index (χ0n) is 15.3. The van der Waals surface area contributed by atoms with E-state index in [0.29, 0.717) is 10.6 Å². The summed E-state index contributed by atoms with van der Waals surface area (Å²) in [6.07, 6.45) is 1.50. The Morgan fingerprint density at radius 1 is 1.29 bits per heavy atom. The molecular formula is C18H17BrCl2FN5O. The maximum absolute atomic E-state index is 14.0. The number of benzene rings is 1. The topological polar surface area (TPSA) is 64.7 Å². The number of nitrogens with one attached hydrogen (secondary N) is 1. The first-order chi connectivity index (χ1) is 13.2. The van der Waals surface area contributed by atoms with E-state index in [2.05, 4.69) is 31.4 Å². The second kappa shape index (κ2) is 8.23. The van der Waals surface area contributed by atoms with Crippen molar-refractivity contribution in [3.05, 3.63) is 61.7 Å². The van der Waals surface area contributed by atoms with Gasteiger partial charge in [-0.25, -0.2) is 4.39 Å². The van der Waals surface area contributed by atoms with E-state index >= 15 is 0 Å². The van der Waals surface area contributed by atoms with Crippen molar-refractivity contribution in [3.8, 4) is 0 Å². The molecule has 10 heteroatoms. The molecule has 0 aliphatic heterocycles. The van der Waals surface area contributed by atoms with Crippen molar-refractivity contribution < 1.29 is 9.18 Å². The molecule has 1 amide bonds. The zero-order valence-corrected chi connectivity index (χ0v) is 18.4. The van der Waals surface area contributed by atoms with E-state index < -0.39 is 11.9 Å². The van der Waals surface area contributed by atoms with Gasteiger partial charge in [0.1, 0.15) is 16.9 Å². The van der Waals surface area contributed by atoms with Crippen LogP contribution in [0, 0.1) is 19.7 Å². The molecule has 0 saturated heterocycles. The van der Waals surface area contributed by atoms with E-state index in [-0.39, 0.29) is 23.3 Å². The number of amides is 1. The van der Waals surface area contributed by atoms with Crippen molar-refractivity contribution in [2.45, 2.75) is 33.4 Å². The predicted octanol–water partition coefficient (Wildman–Crippen LogP) is 5.15. The maximum Gasteiger partial charge on any atom is 0.250 e. The Bertz CT molecular complexity index is 1030. The molecule has 1 atom stereocenters. The average molecular weight is 489 g/mol. The number of carbonyl (C=O) groups is 1. The molecular weight excluding hydrogens is 472 g/mol. The standard InChI is InChI=1S/C18H17BrCl2FN5O/c1-9-16(19)10(2)27(24-9)11(3)18(28)23-17-14(21)8-26(25-17)7-12-13(20)5-4-6-15(12)22/h4-6,8,11H,7H2,1-3H3,(H,23,25,28). The maximum atomic E-state index is 14.0. The van der Waals surface area contributed by atoms with E-state index in [4.69, 9.17) is 23.2 Å². The van der Waals surface area contributed by atoms with Crippen molar-refractivity contribution in [2.75, 3.05) is 5.32 Å². The molecule has 1 N–H and O–H groups in total. The molecule has 0 aliphatic carbocycles. The van der Waals surface area contributed by atoms with Gasteiger partial charge in [0, 0.05) is 16.8 Å². The summed E-state index contributed by atoms with van der Waals surface area (Å²) in [5.74, 6) is -0.575. The second-order valence-electron chi connectivity index (χ2n) is 6.32. The highest BCUT2D eigenvalue weighted by atomic mass is 79.9. The number of aromatic nitrogens is 4. The number of carbonyl (C=O) groups excluding carboxylic acids is 1. The van der Waals surface area contributed by atoms with Gasteiger partial charge in [-0.3, -0.25) is 14.2 Å². The normalized spacial score (nSPS) is 12.2. The number of halogens is 4. The summed E-state index contributed by atoms with van der Waals surface area (Å²) in [7, 11) is 0. The Morgan fingerprint density at radius 3 is 2.61 bits per heavy atom. The molecule has 0 aliphatic rings. The molecule has 1 aromatic carbocycles. The van der Waals surface area contributed by atoms with Crippen LogP contribution in [0.15, 0.2) is 28.9 Å². The van der Waals surface area contributed by atoms with Crippen molar-refractivity contribution in [2.24, 2.45) is 0 Å². The van der Waals surface area contributed by atoms with Gasteiger partial charge in [-0.05, 0) is 48.8 Å². The Hall–Kier alpha value is -1.90.